The molecule has 0 aromatic heterocycles. The quantitative estimate of drug-likeness (QED) is 0.442. The van der Waals surface area contributed by atoms with Gasteiger partial charge in [0, 0.05) is 11.8 Å². The molecule has 0 N–H and O–H groups in total. The van der Waals surface area contributed by atoms with Gasteiger partial charge in [0.15, 0.2) is 5.78 Å². The summed E-state index contributed by atoms with van der Waals surface area (Å²) in [6, 6.07) is 22.5. The first-order valence-corrected chi connectivity index (χ1v) is 11.3. The summed E-state index contributed by atoms with van der Waals surface area (Å²) in [5.74, 6) is -1.54. The first-order chi connectivity index (χ1) is 16.6. The smallest absolute Gasteiger partial charge is 0.240 e. The fraction of sp³-hybridized carbons (Fsp3) is 0.179. The van der Waals surface area contributed by atoms with Crippen LogP contribution < -0.4 is 9.64 Å². The van der Waals surface area contributed by atoms with Gasteiger partial charge in [-0.25, -0.2) is 4.90 Å². The van der Waals surface area contributed by atoms with Crippen LogP contribution in [-0.2, 0) is 9.59 Å². The number of amides is 2. The van der Waals surface area contributed by atoms with Crippen LogP contribution in [0.2, 0.25) is 0 Å². The minimum atomic E-state index is -0.779. The minimum absolute atomic E-state index is 0.180. The number of carbonyl (C=O) groups excluding carboxylic acids is 3. The van der Waals surface area contributed by atoms with Gasteiger partial charge in [0.1, 0.15) is 11.8 Å². The Kier molecular flexibility index (Phi) is 4.62. The number of hydrogen-bond donors (Lipinski definition) is 0. The lowest BCUT2D eigenvalue weighted by Crippen LogP contribution is -2.44. The van der Waals surface area contributed by atoms with Crippen molar-refractivity contribution in [2.24, 2.45) is 11.8 Å². The van der Waals surface area contributed by atoms with Gasteiger partial charge in [0.2, 0.25) is 11.8 Å². The normalized spacial score (nSPS) is 24.6. The number of methoxy groups -OCH3 is 1. The van der Waals surface area contributed by atoms with E-state index in [-0.39, 0.29) is 23.6 Å². The zero-order chi connectivity index (χ0) is 23.4. The monoisotopic (exact) mass is 450 g/mol. The highest BCUT2D eigenvalue weighted by molar-refractivity contribution is 6.24. The Morgan fingerprint density at radius 1 is 0.824 bits per heavy atom. The molecule has 0 radical (unpaired) electrons. The molecule has 4 atom stereocenters. The third-order valence-corrected chi connectivity index (χ3v) is 7.12. The van der Waals surface area contributed by atoms with Crippen molar-refractivity contribution in [2.75, 3.05) is 12.0 Å². The highest BCUT2D eigenvalue weighted by Gasteiger charge is 2.64. The lowest BCUT2D eigenvalue weighted by Gasteiger charge is -2.35. The fourth-order valence-electron chi connectivity index (χ4n) is 5.61. The molecule has 0 spiro atoms. The second-order valence-corrected chi connectivity index (χ2v) is 8.77. The molecule has 2 fully saturated rings. The van der Waals surface area contributed by atoms with Crippen molar-refractivity contribution in [1.29, 1.82) is 0 Å². The van der Waals surface area contributed by atoms with Crippen molar-refractivity contribution in [1.82, 2.24) is 4.90 Å². The molecular formula is C28H22N2O4. The number of ether oxygens (including phenoxy) is 1. The molecule has 6 rings (SSSR count). The molecule has 34 heavy (non-hydrogen) atoms. The molecule has 0 saturated carbocycles. The number of fused-ring (bicyclic) bond motifs is 5. The Hall–Kier alpha value is -4.19. The summed E-state index contributed by atoms with van der Waals surface area (Å²) in [6.07, 6.45) is 3.82. The zero-order valence-electron chi connectivity index (χ0n) is 18.5. The van der Waals surface area contributed by atoms with Crippen LogP contribution in [0.4, 0.5) is 5.69 Å². The van der Waals surface area contributed by atoms with Gasteiger partial charge in [-0.15, -0.1) is 0 Å². The third kappa shape index (κ3) is 2.85. The number of carbonyl (C=O) groups is 3. The maximum absolute atomic E-state index is 13.9. The molecule has 0 aliphatic carbocycles. The van der Waals surface area contributed by atoms with Crippen molar-refractivity contribution in [2.45, 2.75) is 12.1 Å². The number of imide groups is 1. The van der Waals surface area contributed by atoms with Crippen LogP contribution in [0.3, 0.4) is 0 Å². The minimum Gasteiger partial charge on any atom is -0.497 e. The predicted molar refractivity (Wildman–Crippen MR) is 127 cm³/mol. The van der Waals surface area contributed by atoms with E-state index in [1.807, 2.05) is 47.5 Å². The van der Waals surface area contributed by atoms with Crippen molar-refractivity contribution in [3.05, 3.63) is 102 Å². The van der Waals surface area contributed by atoms with Gasteiger partial charge in [-0.2, -0.15) is 0 Å². The van der Waals surface area contributed by atoms with E-state index < -0.39 is 17.9 Å². The van der Waals surface area contributed by atoms with Crippen LogP contribution in [0, 0.1) is 11.8 Å². The Bertz CT molecular complexity index is 1330. The lowest BCUT2D eigenvalue weighted by molar-refractivity contribution is -0.123. The molecule has 168 valence electrons. The summed E-state index contributed by atoms with van der Waals surface area (Å²) in [4.78, 5) is 44.6. The van der Waals surface area contributed by atoms with E-state index in [1.165, 1.54) is 4.90 Å². The van der Waals surface area contributed by atoms with E-state index in [9.17, 15) is 14.4 Å². The predicted octanol–water partition coefficient (Wildman–Crippen LogP) is 4.09. The van der Waals surface area contributed by atoms with Crippen molar-refractivity contribution in [3.63, 3.8) is 0 Å². The number of nitrogens with zero attached hydrogens (tertiary/aromatic N) is 2. The van der Waals surface area contributed by atoms with Gasteiger partial charge >= 0.3 is 0 Å². The summed E-state index contributed by atoms with van der Waals surface area (Å²) >= 11 is 0. The zero-order valence-corrected chi connectivity index (χ0v) is 18.5. The highest BCUT2D eigenvalue weighted by atomic mass is 16.5. The maximum atomic E-state index is 13.9. The second-order valence-electron chi connectivity index (χ2n) is 8.77. The van der Waals surface area contributed by atoms with Gasteiger partial charge in [0.25, 0.3) is 0 Å². The number of benzene rings is 3. The molecule has 6 nitrogen and oxygen atoms in total. The van der Waals surface area contributed by atoms with E-state index in [0.717, 1.165) is 11.1 Å². The van der Waals surface area contributed by atoms with E-state index in [0.29, 0.717) is 17.0 Å². The van der Waals surface area contributed by atoms with Gasteiger partial charge in [0.05, 0.1) is 30.7 Å². The average molecular weight is 450 g/mol. The van der Waals surface area contributed by atoms with Gasteiger partial charge in [-0.1, -0.05) is 42.5 Å². The summed E-state index contributed by atoms with van der Waals surface area (Å²) in [7, 11) is 1.57. The molecule has 3 aromatic carbocycles. The molecule has 6 heteroatoms. The Balaban J connectivity index is 1.48. The van der Waals surface area contributed by atoms with Crippen molar-refractivity contribution < 1.29 is 19.1 Å². The molecule has 2 saturated heterocycles. The molecule has 2 amide bonds. The Labute approximate surface area is 197 Å². The second kappa shape index (κ2) is 7.70. The number of hydrogen-bond acceptors (Lipinski definition) is 5. The Morgan fingerprint density at radius 3 is 2.24 bits per heavy atom. The number of para-hydroxylation sites is 1. The molecule has 3 heterocycles. The van der Waals surface area contributed by atoms with E-state index in [1.54, 1.807) is 55.6 Å². The number of rotatable bonds is 4. The van der Waals surface area contributed by atoms with Gasteiger partial charge in [-0.3, -0.25) is 14.4 Å². The SMILES string of the molecule is COc1ccc(C(=O)C2C3C(=O)N(c4ccccc4)C(=O)C3C3c4ccccc4C=CN23)cc1. The average Bonchev–Trinajstić information content (AvgIpc) is 3.36. The van der Waals surface area contributed by atoms with Crippen molar-refractivity contribution in [3.8, 4) is 5.75 Å². The van der Waals surface area contributed by atoms with Gasteiger partial charge in [-0.05, 0) is 53.6 Å². The van der Waals surface area contributed by atoms with Gasteiger partial charge < -0.3 is 9.64 Å². The van der Waals surface area contributed by atoms with Crippen LogP contribution in [0.1, 0.15) is 27.5 Å². The molecule has 4 unspecified atom stereocenters. The molecular weight excluding hydrogens is 428 g/mol. The summed E-state index contributed by atoms with van der Waals surface area (Å²) < 4.78 is 5.22. The molecule has 3 aliphatic heterocycles. The fourth-order valence-corrected chi connectivity index (χ4v) is 5.61. The van der Waals surface area contributed by atoms with Crippen molar-refractivity contribution >= 4 is 29.4 Å². The topological polar surface area (TPSA) is 66.9 Å². The standard InChI is InChI=1S/C28H22N2O4/c1-34-20-13-11-18(12-14-20)26(31)25-23-22(24-21-10-6-5-7-17(21)15-16-29(24)25)27(32)30(28(23)33)19-8-3-2-4-9-19/h2-16,22-25H,1H3. The van der Waals surface area contributed by atoms with Crippen LogP contribution in [0.5, 0.6) is 5.75 Å². The van der Waals surface area contributed by atoms with E-state index in [4.69, 9.17) is 4.74 Å². The number of anilines is 1. The van der Waals surface area contributed by atoms with Crippen LogP contribution in [0.25, 0.3) is 6.08 Å². The molecule has 0 bridgehead atoms. The van der Waals surface area contributed by atoms with E-state index >= 15 is 0 Å². The van der Waals surface area contributed by atoms with Crippen LogP contribution in [0.15, 0.2) is 85.1 Å². The summed E-state index contributed by atoms with van der Waals surface area (Å²) in [5, 5.41) is 0. The summed E-state index contributed by atoms with van der Waals surface area (Å²) in [6.45, 7) is 0. The lowest BCUT2D eigenvalue weighted by atomic mass is 9.83. The maximum Gasteiger partial charge on any atom is 0.240 e. The van der Waals surface area contributed by atoms with Crippen LogP contribution in [-0.4, -0.2) is 35.6 Å². The highest BCUT2D eigenvalue weighted by Crippen LogP contribution is 2.53. The van der Waals surface area contributed by atoms with Crippen LogP contribution >= 0.6 is 0 Å². The molecule has 3 aromatic rings. The summed E-state index contributed by atoms with van der Waals surface area (Å²) in [5.41, 5.74) is 2.98. The molecule has 3 aliphatic rings. The third-order valence-electron chi connectivity index (χ3n) is 7.12. The first kappa shape index (κ1) is 20.4. The largest absolute Gasteiger partial charge is 0.497 e. The van der Waals surface area contributed by atoms with E-state index in [2.05, 4.69) is 0 Å². The Morgan fingerprint density at radius 2 is 1.50 bits per heavy atom. The number of Topliss-reactive ketones (excluding diaryl/α,β-unsaturated/α-hetero) is 1. The number of ketones is 1. The first-order valence-electron chi connectivity index (χ1n) is 11.3.